The molecule has 2 rings (SSSR count). The molecule has 11 heteroatoms. The molecule has 2 unspecified atom stereocenters. The van der Waals surface area contributed by atoms with Gasteiger partial charge in [0.05, 0.1) is 11.0 Å². The van der Waals surface area contributed by atoms with Crippen LogP contribution < -0.4 is 15.8 Å². The molecular formula is C18H24N4O7. The molecule has 0 aromatic heterocycles. The second-order valence-electron chi connectivity index (χ2n) is 6.70. The molecule has 0 aliphatic carbocycles. The Morgan fingerprint density at radius 2 is 2.00 bits per heavy atom. The Kier molecular flexibility index (Phi) is 7.89. The lowest BCUT2D eigenvalue weighted by molar-refractivity contribution is -0.384. The molecule has 2 amide bonds. The molecule has 1 heterocycles. The van der Waals surface area contributed by atoms with Crippen LogP contribution in [0, 0.1) is 10.1 Å². The van der Waals surface area contributed by atoms with Crippen molar-refractivity contribution in [3.8, 4) is 5.75 Å². The number of carboxylic acids is 1. The molecule has 11 nitrogen and oxygen atoms in total. The Bertz CT molecular complexity index is 753. The van der Waals surface area contributed by atoms with E-state index in [9.17, 15) is 24.5 Å². The van der Waals surface area contributed by atoms with Crippen molar-refractivity contribution in [2.45, 2.75) is 44.2 Å². The van der Waals surface area contributed by atoms with Gasteiger partial charge >= 0.3 is 12.1 Å². The number of carbonyl (C=O) groups excluding carboxylic acids is 2. The average molecular weight is 408 g/mol. The molecule has 4 N–H and O–H groups in total. The molecule has 0 radical (unpaired) electrons. The summed E-state index contributed by atoms with van der Waals surface area (Å²) in [7, 11) is 0. The Morgan fingerprint density at radius 1 is 1.31 bits per heavy atom. The Hall–Kier alpha value is -3.21. The van der Waals surface area contributed by atoms with Crippen molar-refractivity contribution in [1.82, 2.24) is 10.2 Å². The zero-order chi connectivity index (χ0) is 21.4. The first-order valence-electron chi connectivity index (χ1n) is 9.28. The summed E-state index contributed by atoms with van der Waals surface area (Å²) in [5.74, 6) is -1.20. The minimum absolute atomic E-state index is 0.104. The van der Waals surface area contributed by atoms with Crippen LogP contribution in [0.4, 0.5) is 10.5 Å². The van der Waals surface area contributed by atoms with Gasteiger partial charge < -0.3 is 25.8 Å². The van der Waals surface area contributed by atoms with E-state index in [0.29, 0.717) is 45.2 Å². The third-order valence-electron chi connectivity index (χ3n) is 4.61. The highest BCUT2D eigenvalue weighted by atomic mass is 16.6. The summed E-state index contributed by atoms with van der Waals surface area (Å²) in [6.07, 6.45) is 1.89. The van der Waals surface area contributed by atoms with Crippen LogP contribution in [0.5, 0.6) is 5.75 Å². The fraction of sp³-hybridized carbons (Fsp3) is 0.500. The largest absolute Gasteiger partial charge is 0.480 e. The number of unbranched alkanes of at least 4 members (excludes halogenated alkanes) is 1. The van der Waals surface area contributed by atoms with Gasteiger partial charge in [0.15, 0.2) is 0 Å². The quantitative estimate of drug-likeness (QED) is 0.312. The number of hydrogen-bond donors (Lipinski definition) is 3. The van der Waals surface area contributed by atoms with E-state index >= 15 is 0 Å². The van der Waals surface area contributed by atoms with Crippen LogP contribution in [0.15, 0.2) is 24.3 Å². The number of nitrogens with two attached hydrogens (primary N) is 1. The van der Waals surface area contributed by atoms with Gasteiger partial charge in [-0.3, -0.25) is 14.9 Å². The van der Waals surface area contributed by atoms with E-state index in [-0.39, 0.29) is 17.3 Å². The van der Waals surface area contributed by atoms with Crippen LogP contribution in [0.3, 0.4) is 0 Å². The first-order chi connectivity index (χ1) is 13.8. The molecule has 1 fully saturated rings. The first kappa shape index (κ1) is 22.1. The van der Waals surface area contributed by atoms with Gasteiger partial charge in [-0.05, 0) is 44.2 Å². The number of likely N-dealkylation sites (tertiary alicyclic amines) is 1. The molecule has 1 aromatic carbocycles. The lowest BCUT2D eigenvalue weighted by Gasteiger charge is -2.24. The van der Waals surface area contributed by atoms with Gasteiger partial charge in [0, 0.05) is 25.2 Å². The van der Waals surface area contributed by atoms with Crippen molar-refractivity contribution in [3.63, 3.8) is 0 Å². The van der Waals surface area contributed by atoms with E-state index in [1.165, 1.54) is 29.2 Å². The summed E-state index contributed by atoms with van der Waals surface area (Å²) in [5, 5.41) is 22.3. The number of amides is 2. The average Bonchev–Trinajstić information content (AvgIpc) is 3.17. The number of rotatable bonds is 9. The fourth-order valence-electron chi connectivity index (χ4n) is 3.08. The minimum Gasteiger partial charge on any atom is -0.480 e. The van der Waals surface area contributed by atoms with Crippen LogP contribution in [0.25, 0.3) is 0 Å². The second kappa shape index (κ2) is 10.4. The number of nitrogens with zero attached hydrogens (tertiary/aromatic N) is 2. The maximum Gasteiger partial charge on any atom is 0.412 e. The molecule has 1 aromatic rings. The third kappa shape index (κ3) is 6.42. The van der Waals surface area contributed by atoms with Crippen LogP contribution in [-0.4, -0.2) is 58.1 Å². The van der Waals surface area contributed by atoms with Crippen LogP contribution in [-0.2, 0) is 9.59 Å². The number of hydrogen-bond acceptors (Lipinski definition) is 7. The van der Waals surface area contributed by atoms with Crippen molar-refractivity contribution >= 4 is 23.7 Å². The van der Waals surface area contributed by atoms with Crippen molar-refractivity contribution in [2.24, 2.45) is 5.73 Å². The number of ether oxygens (including phenoxy) is 1. The number of nitro groups is 1. The molecule has 0 bridgehead atoms. The number of carbonyl (C=O) groups is 3. The normalized spacial score (nSPS) is 16.9. The summed E-state index contributed by atoms with van der Waals surface area (Å²) in [6.45, 7) is 0.702. The van der Waals surface area contributed by atoms with Crippen molar-refractivity contribution in [1.29, 1.82) is 0 Å². The number of non-ortho nitro benzene ring substituents is 1. The molecule has 1 aliphatic rings. The molecular weight excluding hydrogens is 384 g/mol. The number of nitro benzene ring substituents is 1. The summed E-state index contributed by atoms with van der Waals surface area (Å²) in [4.78, 5) is 46.5. The number of aliphatic carboxylic acids is 1. The van der Waals surface area contributed by atoms with E-state index in [2.05, 4.69) is 5.32 Å². The van der Waals surface area contributed by atoms with Gasteiger partial charge in [-0.15, -0.1) is 0 Å². The molecule has 158 valence electrons. The van der Waals surface area contributed by atoms with Crippen molar-refractivity contribution in [2.75, 3.05) is 13.1 Å². The van der Waals surface area contributed by atoms with Gasteiger partial charge in [-0.1, -0.05) is 0 Å². The fourth-order valence-corrected chi connectivity index (χ4v) is 3.08. The molecule has 29 heavy (non-hydrogen) atoms. The number of benzene rings is 1. The van der Waals surface area contributed by atoms with E-state index in [1.54, 1.807) is 0 Å². The number of nitrogens with one attached hydrogen (secondary N) is 1. The SMILES string of the molecule is NC(CCCCNC(=O)Oc1ccc([N+](=O)[O-])cc1)C(=O)N1CCCC1C(=O)O. The highest BCUT2D eigenvalue weighted by Gasteiger charge is 2.35. The minimum atomic E-state index is -1.02. The monoisotopic (exact) mass is 408 g/mol. The zero-order valence-electron chi connectivity index (χ0n) is 15.8. The predicted molar refractivity (Wildman–Crippen MR) is 101 cm³/mol. The van der Waals surface area contributed by atoms with Crippen molar-refractivity contribution in [3.05, 3.63) is 34.4 Å². The summed E-state index contributed by atoms with van der Waals surface area (Å²) in [5.41, 5.74) is 5.79. The summed E-state index contributed by atoms with van der Waals surface area (Å²) in [6, 6.07) is 3.54. The predicted octanol–water partition coefficient (Wildman–Crippen LogP) is 1.26. The second-order valence-corrected chi connectivity index (χ2v) is 6.70. The van der Waals surface area contributed by atoms with E-state index in [1.807, 2.05) is 0 Å². The van der Waals surface area contributed by atoms with Gasteiger partial charge in [-0.25, -0.2) is 9.59 Å². The Labute approximate surface area is 166 Å². The Morgan fingerprint density at radius 3 is 2.62 bits per heavy atom. The maximum absolute atomic E-state index is 12.3. The van der Waals surface area contributed by atoms with Gasteiger partial charge in [0.2, 0.25) is 5.91 Å². The standard InChI is InChI=1S/C18H24N4O7/c19-14(16(23)21-11-3-5-15(21)17(24)25)4-1-2-10-20-18(26)29-13-8-6-12(7-9-13)22(27)28/h6-9,14-15H,1-5,10-11,19H2,(H,20,26)(H,24,25). The van der Waals surface area contributed by atoms with E-state index in [4.69, 9.17) is 15.6 Å². The molecule has 0 saturated carbocycles. The maximum atomic E-state index is 12.3. The molecule has 1 aliphatic heterocycles. The van der Waals surface area contributed by atoms with Crippen LogP contribution >= 0.6 is 0 Å². The Balaban J connectivity index is 1.64. The van der Waals surface area contributed by atoms with E-state index in [0.717, 1.165) is 0 Å². The highest BCUT2D eigenvalue weighted by Crippen LogP contribution is 2.19. The van der Waals surface area contributed by atoms with Crippen molar-refractivity contribution < 1.29 is 29.2 Å². The third-order valence-corrected chi connectivity index (χ3v) is 4.61. The first-order valence-corrected chi connectivity index (χ1v) is 9.28. The van der Waals surface area contributed by atoms with E-state index < -0.39 is 29.1 Å². The van der Waals surface area contributed by atoms with Crippen LogP contribution in [0.1, 0.15) is 32.1 Å². The molecule has 2 atom stereocenters. The van der Waals surface area contributed by atoms with Gasteiger partial charge in [-0.2, -0.15) is 0 Å². The van der Waals surface area contributed by atoms with Crippen LogP contribution in [0.2, 0.25) is 0 Å². The lowest BCUT2D eigenvalue weighted by atomic mass is 10.1. The topological polar surface area (TPSA) is 165 Å². The smallest absolute Gasteiger partial charge is 0.412 e. The summed E-state index contributed by atoms with van der Waals surface area (Å²) >= 11 is 0. The van der Waals surface area contributed by atoms with Gasteiger partial charge in [0.1, 0.15) is 11.8 Å². The summed E-state index contributed by atoms with van der Waals surface area (Å²) < 4.78 is 5.00. The zero-order valence-corrected chi connectivity index (χ0v) is 15.8. The highest BCUT2D eigenvalue weighted by molar-refractivity contribution is 5.87. The van der Waals surface area contributed by atoms with Gasteiger partial charge in [0.25, 0.3) is 5.69 Å². The number of carboxylic acid groups (broad SMARTS) is 1. The molecule has 0 spiro atoms. The lowest BCUT2D eigenvalue weighted by Crippen LogP contribution is -2.48. The molecule has 1 saturated heterocycles.